The molecule has 0 spiro atoms. The number of carbonyl (C=O) groups excluding carboxylic acids is 1. The van der Waals surface area contributed by atoms with E-state index in [4.69, 9.17) is 9.47 Å². The fourth-order valence-electron chi connectivity index (χ4n) is 3.45. The number of nitrogens with zero attached hydrogens (tertiary/aromatic N) is 2. The van der Waals surface area contributed by atoms with Crippen molar-refractivity contribution in [2.24, 2.45) is 0 Å². The molecule has 0 aromatic heterocycles. The number of piperazine rings is 1. The Morgan fingerprint density at radius 3 is 2.36 bits per heavy atom. The predicted octanol–water partition coefficient (Wildman–Crippen LogP) is 1.15. The lowest BCUT2D eigenvalue weighted by atomic mass is 10.1. The van der Waals surface area contributed by atoms with Crippen molar-refractivity contribution in [3.05, 3.63) is 63.7 Å². The summed E-state index contributed by atoms with van der Waals surface area (Å²) >= 11 is 0. The minimum Gasteiger partial charge on any atom is -0.493 e. The summed E-state index contributed by atoms with van der Waals surface area (Å²) in [4.78, 5) is 26.5. The number of ether oxygens (including phenoxy) is 2. The molecule has 1 saturated heterocycles. The molecular formula is C20H24N3O5+. The molecule has 1 aliphatic heterocycles. The fourth-order valence-corrected chi connectivity index (χ4v) is 3.45. The first-order chi connectivity index (χ1) is 13.5. The standard InChI is InChI=1S/C20H23N3O5/c1-27-18-5-3-4-17(19(18)28-2)20(24)22-12-10-21(11-13-22)14-15-6-8-16(9-7-15)23(25)26/h3-9H,10-14H2,1-2H3/p+1. The predicted molar refractivity (Wildman–Crippen MR) is 103 cm³/mol. The molecule has 8 nitrogen and oxygen atoms in total. The highest BCUT2D eigenvalue weighted by Crippen LogP contribution is 2.31. The number of quaternary nitrogens is 1. The smallest absolute Gasteiger partial charge is 0.269 e. The van der Waals surface area contributed by atoms with E-state index in [1.807, 2.05) is 4.90 Å². The molecule has 2 aromatic rings. The van der Waals surface area contributed by atoms with Gasteiger partial charge in [-0.3, -0.25) is 14.9 Å². The normalized spacial score (nSPS) is 14.6. The molecule has 1 heterocycles. The number of rotatable bonds is 6. The Hall–Kier alpha value is -3.13. The molecule has 0 bridgehead atoms. The SMILES string of the molecule is COc1cccc(C(=O)N2CC[NH+](Cc3ccc([N+](=O)[O-])cc3)CC2)c1OC. The van der Waals surface area contributed by atoms with Crippen molar-refractivity contribution < 1.29 is 24.1 Å². The van der Waals surface area contributed by atoms with Crippen molar-refractivity contribution in [2.45, 2.75) is 6.54 Å². The summed E-state index contributed by atoms with van der Waals surface area (Å²) in [7, 11) is 3.08. The maximum absolute atomic E-state index is 12.9. The van der Waals surface area contributed by atoms with E-state index in [9.17, 15) is 14.9 Å². The molecular weight excluding hydrogens is 362 g/mol. The van der Waals surface area contributed by atoms with E-state index in [-0.39, 0.29) is 11.6 Å². The maximum atomic E-state index is 12.9. The summed E-state index contributed by atoms with van der Waals surface area (Å²) in [6.07, 6.45) is 0. The number of para-hydroxylation sites is 1. The molecule has 3 rings (SSSR count). The summed E-state index contributed by atoms with van der Waals surface area (Å²) in [5.74, 6) is 0.927. The monoisotopic (exact) mass is 386 g/mol. The Morgan fingerprint density at radius 1 is 1.11 bits per heavy atom. The maximum Gasteiger partial charge on any atom is 0.269 e. The fraction of sp³-hybridized carbons (Fsp3) is 0.350. The molecule has 2 aromatic carbocycles. The lowest BCUT2D eigenvalue weighted by Gasteiger charge is -2.32. The van der Waals surface area contributed by atoms with Crippen LogP contribution < -0.4 is 14.4 Å². The van der Waals surface area contributed by atoms with E-state index in [1.165, 1.54) is 24.1 Å². The van der Waals surface area contributed by atoms with Crippen molar-refractivity contribution in [1.29, 1.82) is 0 Å². The third-order valence-electron chi connectivity index (χ3n) is 4.99. The highest BCUT2D eigenvalue weighted by Gasteiger charge is 2.27. The molecule has 0 unspecified atom stereocenters. The summed E-state index contributed by atoms with van der Waals surface area (Å²) in [5.41, 5.74) is 1.65. The van der Waals surface area contributed by atoms with E-state index in [1.54, 1.807) is 37.4 Å². The number of amides is 1. The molecule has 0 atom stereocenters. The topological polar surface area (TPSA) is 86.3 Å². The van der Waals surface area contributed by atoms with Crippen LogP contribution in [0.25, 0.3) is 0 Å². The molecule has 1 aliphatic rings. The van der Waals surface area contributed by atoms with Gasteiger partial charge in [-0.15, -0.1) is 0 Å². The minimum absolute atomic E-state index is 0.0647. The van der Waals surface area contributed by atoms with Crippen LogP contribution in [0.4, 0.5) is 5.69 Å². The number of nitro groups is 1. The zero-order chi connectivity index (χ0) is 20.1. The molecule has 1 N–H and O–H groups in total. The Balaban J connectivity index is 1.61. The quantitative estimate of drug-likeness (QED) is 0.595. The van der Waals surface area contributed by atoms with Gasteiger partial charge in [0.2, 0.25) is 0 Å². The number of non-ortho nitro benzene ring substituents is 1. The van der Waals surface area contributed by atoms with Gasteiger partial charge in [-0.2, -0.15) is 0 Å². The first-order valence-corrected chi connectivity index (χ1v) is 9.10. The van der Waals surface area contributed by atoms with E-state index >= 15 is 0 Å². The van der Waals surface area contributed by atoms with E-state index in [0.717, 1.165) is 25.2 Å². The summed E-state index contributed by atoms with van der Waals surface area (Å²) in [5, 5.41) is 10.8. The van der Waals surface area contributed by atoms with Crippen molar-refractivity contribution in [3.63, 3.8) is 0 Å². The lowest BCUT2D eigenvalue weighted by molar-refractivity contribution is -0.917. The van der Waals surface area contributed by atoms with Gasteiger partial charge >= 0.3 is 0 Å². The summed E-state index contributed by atoms with van der Waals surface area (Å²) in [6, 6.07) is 12.0. The molecule has 8 heteroatoms. The van der Waals surface area contributed by atoms with Crippen molar-refractivity contribution in [3.8, 4) is 11.5 Å². The minimum atomic E-state index is -0.395. The number of nitro benzene ring substituents is 1. The number of nitrogens with one attached hydrogen (secondary N) is 1. The number of methoxy groups -OCH3 is 2. The van der Waals surface area contributed by atoms with Gasteiger partial charge in [0.25, 0.3) is 11.6 Å². The number of benzene rings is 2. The third-order valence-corrected chi connectivity index (χ3v) is 4.99. The molecule has 0 radical (unpaired) electrons. The average Bonchev–Trinajstić information content (AvgIpc) is 2.73. The first-order valence-electron chi connectivity index (χ1n) is 9.10. The van der Waals surface area contributed by atoms with Crippen molar-refractivity contribution >= 4 is 11.6 Å². The molecule has 0 aliphatic carbocycles. The Labute approximate surface area is 163 Å². The van der Waals surface area contributed by atoms with Gasteiger partial charge in [-0.05, 0) is 24.3 Å². The van der Waals surface area contributed by atoms with E-state index in [0.29, 0.717) is 30.2 Å². The zero-order valence-electron chi connectivity index (χ0n) is 16.0. The van der Waals surface area contributed by atoms with Gasteiger partial charge in [0.05, 0.1) is 50.9 Å². The van der Waals surface area contributed by atoms with Crippen LogP contribution in [0.15, 0.2) is 42.5 Å². The van der Waals surface area contributed by atoms with Crippen LogP contribution in [0.2, 0.25) is 0 Å². The second kappa shape index (κ2) is 8.71. The lowest BCUT2D eigenvalue weighted by Crippen LogP contribution is -3.13. The van der Waals surface area contributed by atoms with Gasteiger partial charge in [-0.1, -0.05) is 6.07 Å². The highest BCUT2D eigenvalue weighted by atomic mass is 16.6. The van der Waals surface area contributed by atoms with Crippen LogP contribution >= 0.6 is 0 Å². The Morgan fingerprint density at radius 2 is 1.79 bits per heavy atom. The van der Waals surface area contributed by atoms with Gasteiger partial charge < -0.3 is 19.3 Å². The Kier molecular flexibility index (Phi) is 6.10. The van der Waals surface area contributed by atoms with Gasteiger partial charge in [0.1, 0.15) is 6.54 Å². The largest absolute Gasteiger partial charge is 0.493 e. The van der Waals surface area contributed by atoms with E-state index in [2.05, 4.69) is 0 Å². The molecule has 1 fully saturated rings. The number of hydrogen-bond donors (Lipinski definition) is 1. The van der Waals surface area contributed by atoms with Crippen molar-refractivity contribution in [1.82, 2.24) is 4.90 Å². The second-order valence-electron chi connectivity index (χ2n) is 6.68. The Bertz CT molecular complexity index is 845. The zero-order valence-corrected chi connectivity index (χ0v) is 16.0. The van der Waals surface area contributed by atoms with Crippen LogP contribution in [0.1, 0.15) is 15.9 Å². The second-order valence-corrected chi connectivity index (χ2v) is 6.68. The van der Waals surface area contributed by atoms with Crippen molar-refractivity contribution in [2.75, 3.05) is 40.4 Å². The number of carbonyl (C=O) groups is 1. The van der Waals surface area contributed by atoms with Crippen LogP contribution in [0, 0.1) is 10.1 Å². The van der Waals surface area contributed by atoms with E-state index < -0.39 is 4.92 Å². The van der Waals surface area contributed by atoms with Crippen LogP contribution in [0.5, 0.6) is 11.5 Å². The third kappa shape index (κ3) is 4.23. The highest BCUT2D eigenvalue weighted by molar-refractivity contribution is 5.97. The molecule has 1 amide bonds. The molecule has 148 valence electrons. The summed E-state index contributed by atoms with van der Waals surface area (Å²) < 4.78 is 10.7. The first kappa shape index (κ1) is 19.6. The van der Waals surface area contributed by atoms with Crippen LogP contribution in [-0.2, 0) is 6.54 Å². The van der Waals surface area contributed by atoms with Gasteiger partial charge in [0, 0.05) is 17.7 Å². The molecule has 0 saturated carbocycles. The van der Waals surface area contributed by atoms with Crippen LogP contribution in [0.3, 0.4) is 0 Å². The van der Waals surface area contributed by atoms with Gasteiger partial charge in [0.15, 0.2) is 11.5 Å². The van der Waals surface area contributed by atoms with Gasteiger partial charge in [-0.25, -0.2) is 0 Å². The number of hydrogen-bond acceptors (Lipinski definition) is 5. The van der Waals surface area contributed by atoms with Crippen LogP contribution in [-0.4, -0.2) is 56.1 Å². The molecule has 28 heavy (non-hydrogen) atoms. The average molecular weight is 386 g/mol. The summed E-state index contributed by atoms with van der Waals surface area (Å²) in [6.45, 7) is 3.69.